The van der Waals surface area contributed by atoms with Gasteiger partial charge in [0.05, 0.1) is 17.5 Å². The number of likely N-dealkylation sites (N-methyl/N-ethyl adjacent to an activating group) is 1. The van der Waals surface area contributed by atoms with Crippen LogP contribution in [-0.2, 0) is 30.1 Å². The fourth-order valence-corrected chi connectivity index (χ4v) is 6.21. The third-order valence-corrected chi connectivity index (χ3v) is 7.82. The van der Waals surface area contributed by atoms with Gasteiger partial charge in [-0.05, 0) is 66.5 Å². The molecule has 3 rings (SSSR count). The van der Waals surface area contributed by atoms with E-state index in [1.165, 1.54) is 6.42 Å². The number of rotatable bonds is 7. The summed E-state index contributed by atoms with van der Waals surface area (Å²) in [5, 5.41) is 3.06. The molecule has 2 heterocycles. The number of ether oxygens (including phenoxy) is 1. The van der Waals surface area contributed by atoms with Crippen LogP contribution in [0.5, 0.6) is 0 Å². The van der Waals surface area contributed by atoms with Gasteiger partial charge < -0.3 is 19.9 Å². The second-order valence-electron chi connectivity index (χ2n) is 10.8. The Bertz CT molecular complexity index is 723. The Kier molecular flexibility index (Phi) is 18.0. The second-order valence-corrected chi connectivity index (χ2v) is 12.1. The number of hydrogen-bond donors (Lipinski definition) is 1. The molecule has 4 atom stereocenters. The number of hydrogen-bond acceptors (Lipinski definition) is 6. The molecule has 2 saturated heterocycles. The summed E-state index contributed by atoms with van der Waals surface area (Å²) in [6.45, 7) is 15.7. The molecule has 2 aliphatic heterocycles. The van der Waals surface area contributed by atoms with Crippen molar-refractivity contribution in [3.05, 3.63) is 0 Å². The van der Waals surface area contributed by atoms with Crippen molar-refractivity contribution in [2.45, 2.75) is 117 Å². The molecule has 3 fully saturated rings. The average Bonchev–Trinajstić information content (AvgIpc) is 3.47. The quantitative estimate of drug-likeness (QED) is 0.478. The van der Waals surface area contributed by atoms with Crippen molar-refractivity contribution in [3.63, 3.8) is 0 Å². The van der Waals surface area contributed by atoms with Crippen LogP contribution in [0, 0.1) is 5.92 Å². The lowest BCUT2D eigenvalue weighted by Gasteiger charge is -2.35. The summed E-state index contributed by atoms with van der Waals surface area (Å²) in [6, 6.07) is -0.0832. The number of nitrogens with one attached hydrogen (secondary N) is 1. The zero-order valence-electron chi connectivity index (χ0n) is 25.7. The fourth-order valence-electron chi connectivity index (χ4n) is 5.22. The molecule has 4 unspecified atom stereocenters. The molecule has 9 nitrogen and oxygen atoms in total. The SMILES string of the molecule is CC.CC.CC(C)(C)OC=O.CN(C)CC(=O)NC(C(=O)N1CCC2C1CCN2S(C)=O)C1CCCCC1. The first-order chi connectivity index (χ1) is 17.9. The maximum atomic E-state index is 13.5. The van der Waals surface area contributed by atoms with Gasteiger partial charge in [0.15, 0.2) is 0 Å². The molecule has 1 N–H and O–H groups in total. The fraction of sp³-hybridized carbons (Fsp3) is 0.893. The topological polar surface area (TPSA) is 99.3 Å². The molecular weight excluding hydrogens is 504 g/mol. The van der Waals surface area contributed by atoms with Gasteiger partial charge in [-0.1, -0.05) is 47.0 Å². The minimum absolute atomic E-state index is 0.0743. The molecule has 224 valence electrons. The number of likely N-dealkylation sites (tertiary alicyclic amines) is 1. The summed E-state index contributed by atoms with van der Waals surface area (Å²) >= 11 is 0. The van der Waals surface area contributed by atoms with Crippen LogP contribution in [0.1, 0.15) is 93.4 Å². The zero-order valence-corrected chi connectivity index (χ0v) is 26.6. The normalized spacial score (nSPS) is 22.9. The van der Waals surface area contributed by atoms with Crippen LogP contribution in [0.4, 0.5) is 0 Å². The van der Waals surface area contributed by atoms with Crippen molar-refractivity contribution in [1.82, 2.24) is 19.4 Å². The summed E-state index contributed by atoms with van der Waals surface area (Å²) in [5.41, 5.74) is -0.318. The van der Waals surface area contributed by atoms with Gasteiger partial charge in [-0.25, -0.2) is 8.51 Å². The first-order valence-corrected chi connectivity index (χ1v) is 15.9. The number of nitrogens with zero attached hydrogens (tertiary/aromatic N) is 3. The predicted molar refractivity (Wildman–Crippen MR) is 156 cm³/mol. The first-order valence-electron chi connectivity index (χ1n) is 14.4. The predicted octanol–water partition coefficient (Wildman–Crippen LogP) is 3.59. The molecule has 0 spiro atoms. The van der Waals surface area contributed by atoms with E-state index in [-0.39, 0.29) is 35.4 Å². The van der Waals surface area contributed by atoms with Gasteiger partial charge >= 0.3 is 0 Å². The molecule has 0 aromatic carbocycles. The van der Waals surface area contributed by atoms with Crippen LogP contribution in [0.2, 0.25) is 0 Å². The number of carbonyl (C=O) groups excluding carboxylic acids is 3. The van der Waals surface area contributed by atoms with Crippen LogP contribution < -0.4 is 5.32 Å². The van der Waals surface area contributed by atoms with Crippen molar-refractivity contribution >= 4 is 29.3 Å². The van der Waals surface area contributed by atoms with Gasteiger partial charge in [0, 0.05) is 31.4 Å². The van der Waals surface area contributed by atoms with E-state index in [2.05, 4.69) is 10.1 Å². The Morgan fingerprint density at radius 1 is 1.00 bits per heavy atom. The number of carbonyl (C=O) groups is 3. The molecule has 3 aliphatic rings. The Labute approximate surface area is 235 Å². The monoisotopic (exact) mass is 560 g/mol. The molecule has 0 bridgehead atoms. The van der Waals surface area contributed by atoms with Crippen LogP contribution >= 0.6 is 0 Å². The molecule has 38 heavy (non-hydrogen) atoms. The molecule has 0 radical (unpaired) electrons. The summed E-state index contributed by atoms with van der Waals surface area (Å²) in [4.78, 5) is 39.3. The molecule has 1 aliphatic carbocycles. The summed E-state index contributed by atoms with van der Waals surface area (Å²) in [6.07, 6.45) is 8.96. The molecular formula is C28H56N4O5S. The Hall–Kier alpha value is -1.52. The van der Waals surface area contributed by atoms with Crippen molar-refractivity contribution in [1.29, 1.82) is 0 Å². The van der Waals surface area contributed by atoms with Gasteiger partial charge in [0.25, 0.3) is 6.47 Å². The molecule has 2 amide bonds. The van der Waals surface area contributed by atoms with Gasteiger partial charge in [-0.3, -0.25) is 14.4 Å². The van der Waals surface area contributed by atoms with Gasteiger partial charge in [0.2, 0.25) is 11.8 Å². The smallest absolute Gasteiger partial charge is 0.293 e. The lowest BCUT2D eigenvalue weighted by molar-refractivity contribution is -0.139. The summed E-state index contributed by atoms with van der Waals surface area (Å²) < 4.78 is 18.5. The third kappa shape index (κ3) is 12.1. The van der Waals surface area contributed by atoms with Crippen molar-refractivity contribution in [2.75, 3.05) is 40.0 Å². The van der Waals surface area contributed by atoms with Crippen molar-refractivity contribution < 1.29 is 23.3 Å². The maximum absolute atomic E-state index is 13.5. The Morgan fingerprint density at radius 3 is 2.00 bits per heavy atom. The Balaban J connectivity index is 0.00000107. The molecule has 10 heteroatoms. The standard InChI is InChI=1S/C19H34N4O3S.C5H10O2.2C2H6/c1-21(2)13-17(24)20-18(14-7-5-4-6-8-14)19(25)22-11-9-16-15(22)10-12-23(16)27(3)26;1-5(2,3)7-4-6;2*1-2/h14-16,18H,4-13H2,1-3H3,(H,20,24);4H,1-3H3;2*1-2H3. The lowest BCUT2D eigenvalue weighted by atomic mass is 9.83. The minimum atomic E-state index is -0.990. The number of fused-ring (bicyclic) bond motifs is 1. The number of amides is 2. The average molecular weight is 561 g/mol. The Morgan fingerprint density at radius 2 is 1.55 bits per heavy atom. The van der Waals surface area contributed by atoms with Gasteiger partial charge in [-0.15, -0.1) is 0 Å². The highest BCUT2D eigenvalue weighted by Crippen LogP contribution is 2.34. The van der Waals surface area contributed by atoms with E-state index in [9.17, 15) is 18.6 Å². The van der Waals surface area contributed by atoms with Crippen molar-refractivity contribution in [2.24, 2.45) is 5.92 Å². The van der Waals surface area contributed by atoms with E-state index in [0.29, 0.717) is 19.6 Å². The molecule has 0 aromatic rings. The van der Waals surface area contributed by atoms with Crippen LogP contribution in [-0.4, -0.2) is 100 Å². The van der Waals surface area contributed by atoms with E-state index < -0.39 is 17.0 Å². The zero-order chi connectivity index (χ0) is 29.5. The van der Waals surface area contributed by atoms with Crippen LogP contribution in [0.15, 0.2) is 0 Å². The highest BCUT2D eigenvalue weighted by molar-refractivity contribution is 7.81. The van der Waals surface area contributed by atoms with Gasteiger partial charge in [-0.2, -0.15) is 0 Å². The minimum Gasteiger partial charge on any atom is -0.462 e. The van der Waals surface area contributed by atoms with Crippen LogP contribution in [0.25, 0.3) is 0 Å². The second kappa shape index (κ2) is 18.7. The maximum Gasteiger partial charge on any atom is 0.293 e. The summed E-state index contributed by atoms with van der Waals surface area (Å²) in [5.74, 6) is 0.224. The third-order valence-electron chi connectivity index (χ3n) is 6.70. The van der Waals surface area contributed by atoms with E-state index in [4.69, 9.17) is 0 Å². The highest BCUT2D eigenvalue weighted by Gasteiger charge is 2.47. The summed E-state index contributed by atoms with van der Waals surface area (Å²) in [7, 11) is 2.73. The van der Waals surface area contributed by atoms with Gasteiger partial charge in [0.1, 0.15) is 11.6 Å². The van der Waals surface area contributed by atoms with Crippen LogP contribution in [0.3, 0.4) is 0 Å². The lowest BCUT2D eigenvalue weighted by Crippen LogP contribution is -2.55. The largest absolute Gasteiger partial charge is 0.462 e. The highest BCUT2D eigenvalue weighted by atomic mass is 32.2. The molecule has 0 aromatic heterocycles. The van der Waals surface area contributed by atoms with E-state index in [1.54, 1.807) is 6.26 Å². The van der Waals surface area contributed by atoms with E-state index in [0.717, 1.165) is 45.1 Å². The molecule has 1 saturated carbocycles. The van der Waals surface area contributed by atoms with E-state index in [1.807, 2.05) is 76.7 Å². The van der Waals surface area contributed by atoms with E-state index >= 15 is 0 Å². The van der Waals surface area contributed by atoms with Crippen molar-refractivity contribution in [3.8, 4) is 0 Å². The first kappa shape index (κ1) is 36.5.